The van der Waals surface area contributed by atoms with E-state index in [1.807, 2.05) is 0 Å². The summed E-state index contributed by atoms with van der Waals surface area (Å²) in [6.07, 6.45) is 3.10. The summed E-state index contributed by atoms with van der Waals surface area (Å²) in [7, 11) is 0. The Morgan fingerprint density at radius 3 is 2.50 bits per heavy atom. The predicted octanol–water partition coefficient (Wildman–Crippen LogP) is 0.798. The van der Waals surface area contributed by atoms with Gasteiger partial charge in [0, 0.05) is 47.9 Å². The van der Waals surface area contributed by atoms with Crippen LogP contribution in [0.3, 0.4) is 0 Å². The van der Waals surface area contributed by atoms with Gasteiger partial charge in [-0.15, -0.1) is 23.1 Å². The molecule has 3 aliphatic rings. The minimum absolute atomic E-state index is 0.0310. The molecule has 0 aliphatic carbocycles. The molecule has 17 nitrogen and oxygen atoms in total. The number of thiazole rings is 1. The number of amides is 2. The second-order valence-electron chi connectivity index (χ2n) is 13.9. The van der Waals surface area contributed by atoms with Crippen LogP contribution in [0, 0.1) is 5.82 Å². The Kier molecular flexibility index (Phi) is 10.1. The molecule has 3 aliphatic heterocycles. The average Bonchev–Trinajstić information content (AvgIpc) is 3.76. The summed E-state index contributed by atoms with van der Waals surface area (Å²) in [5.74, 6) is -7.60. The third kappa shape index (κ3) is 6.72. The number of nitrogen functional groups attached to an aromatic ring is 1. The number of nitrogens with one attached hydrogen (secondary N) is 1. The number of aliphatic carboxylic acids is 2. The number of rotatable bonds is 12. The number of carbonyl (C=O) groups excluding carboxylic acids is 3. The van der Waals surface area contributed by atoms with Crippen molar-refractivity contribution in [3.63, 3.8) is 0 Å². The monoisotopic (exact) mass is 787 g/mol. The van der Waals surface area contributed by atoms with Crippen molar-refractivity contribution >= 4 is 68.6 Å². The normalized spacial score (nSPS) is 21.2. The Labute approximate surface area is 315 Å². The van der Waals surface area contributed by atoms with Gasteiger partial charge in [0.1, 0.15) is 30.2 Å². The smallest absolute Gasteiger partial charge is 0.350 e. The van der Waals surface area contributed by atoms with E-state index in [0.717, 1.165) is 35.1 Å². The van der Waals surface area contributed by atoms with Gasteiger partial charge in [-0.25, -0.2) is 14.2 Å². The molecule has 6 N–H and O–H groups in total. The molecule has 0 saturated carbocycles. The molecule has 0 unspecified atom stereocenters. The van der Waals surface area contributed by atoms with Crippen LogP contribution < -0.4 is 21.6 Å². The zero-order chi connectivity index (χ0) is 39.4. The number of phenols is 2. The predicted molar refractivity (Wildman–Crippen MR) is 192 cm³/mol. The van der Waals surface area contributed by atoms with Crippen LogP contribution in [0.1, 0.15) is 51.8 Å². The second kappa shape index (κ2) is 14.2. The molecule has 5 heterocycles. The minimum Gasteiger partial charge on any atom is -0.543 e. The first-order valence-corrected chi connectivity index (χ1v) is 18.8. The maximum atomic E-state index is 15.3. The number of hydrogen-bond donors (Lipinski definition) is 5. The van der Waals surface area contributed by atoms with Gasteiger partial charge in [-0.2, -0.15) is 0 Å². The number of quaternary nitrogens is 1. The van der Waals surface area contributed by atoms with Gasteiger partial charge in [-0.3, -0.25) is 19.3 Å². The second-order valence-corrected chi connectivity index (χ2v) is 16.3. The van der Waals surface area contributed by atoms with E-state index in [1.165, 1.54) is 31.0 Å². The molecule has 3 atom stereocenters. The topological polar surface area (TPSA) is 250 Å². The van der Waals surface area contributed by atoms with Crippen LogP contribution in [0.15, 0.2) is 38.9 Å². The van der Waals surface area contributed by atoms with Crippen molar-refractivity contribution in [1.82, 2.24) is 19.8 Å². The number of aryl methyl sites for hydroxylation is 1. The molecule has 3 aromatic rings. The van der Waals surface area contributed by atoms with E-state index < -0.39 is 74.5 Å². The highest BCUT2D eigenvalue weighted by molar-refractivity contribution is 8.00. The number of benzene rings is 1. The molecule has 2 aromatic heterocycles. The van der Waals surface area contributed by atoms with Crippen molar-refractivity contribution in [3.05, 3.63) is 56.2 Å². The largest absolute Gasteiger partial charge is 0.543 e. The van der Waals surface area contributed by atoms with E-state index in [1.54, 1.807) is 24.6 Å². The van der Waals surface area contributed by atoms with Crippen LogP contribution in [0.25, 0.3) is 10.9 Å². The Hall–Kier alpha value is -5.21. The maximum absolute atomic E-state index is 15.3. The highest BCUT2D eigenvalue weighted by atomic mass is 32.2. The number of oxime groups is 1. The number of nitrogens with two attached hydrogens (primary N) is 1. The van der Waals surface area contributed by atoms with Crippen LogP contribution >= 0.6 is 23.1 Å². The van der Waals surface area contributed by atoms with E-state index in [0.29, 0.717) is 25.2 Å². The zero-order valence-electron chi connectivity index (χ0n) is 29.6. The fourth-order valence-corrected chi connectivity index (χ4v) is 9.05. The molecule has 20 heteroatoms. The molecule has 2 amide bonds. The molecule has 0 spiro atoms. The summed E-state index contributed by atoms with van der Waals surface area (Å²) in [5, 5.41) is 48.4. The highest BCUT2D eigenvalue weighted by Gasteiger charge is 2.55. The lowest BCUT2D eigenvalue weighted by molar-refractivity contribution is -0.925. The first-order chi connectivity index (χ1) is 25.4. The summed E-state index contributed by atoms with van der Waals surface area (Å²) in [6.45, 7) is 7.62. The number of pyridine rings is 1. The molecule has 288 valence electrons. The molecular weight excluding hydrogens is 750 g/mol. The summed E-state index contributed by atoms with van der Waals surface area (Å²) >= 11 is 2.23. The number of phenolic OH excluding ortho intramolecular Hbond substituents is 2. The Bertz CT molecular complexity index is 2210. The van der Waals surface area contributed by atoms with Crippen molar-refractivity contribution in [1.29, 1.82) is 0 Å². The number of nitrogens with zero attached hydrogens (tertiary/aromatic N) is 5. The van der Waals surface area contributed by atoms with Crippen molar-refractivity contribution in [2.75, 3.05) is 25.4 Å². The van der Waals surface area contributed by atoms with Gasteiger partial charge in [-0.05, 0) is 27.7 Å². The number of carboxylic acid groups (broad SMARTS) is 2. The molecular formula is C34H38FN7O10S2. The van der Waals surface area contributed by atoms with E-state index in [2.05, 4.69) is 15.5 Å². The molecule has 0 radical (unpaired) electrons. The van der Waals surface area contributed by atoms with Gasteiger partial charge < -0.3 is 50.2 Å². The van der Waals surface area contributed by atoms with Crippen LogP contribution in [-0.4, -0.2) is 106 Å². The summed E-state index contributed by atoms with van der Waals surface area (Å²) in [4.78, 5) is 75.6. The van der Waals surface area contributed by atoms with Crippen molar-refractivity contribution < 1.29 is 53.3 Å². The number of aromatic nitrogens is 2. The zero-order valence-corrected chi connectivity index (χ0v) is 31.3. The number of β-lactam (4-membered cyclic amide) rings is 1. The fraction of sp³-hybridized carbons (Fsp3) is 0.441. The number of halogens is 1. The number of fused-ring (bicyclic) bond motifs is 2. The maximum Gasteiger partial charge on any atom is 0.350 e. The number of hydrogen-bond acceptors (Lipinski definition) is 14. The Balaban J connectivity index is 1.30. The van der Waals surface area contributed by atoms with Crippen molar-refractivity contribution in [3.8, 4) is 11.5 Å². The molecule has 54 heavy (non-hydrogen) atoms. The van der Waals surface area contributed by atoms with E-state index >= 15 is 4.39 Å². The molecule has 1 aromatic carbocycles. The van der Waals surface area contributed by atoms with Crippen molar-refractivity contribution in [2.45, 2.75) is 75.9 Å². The average molecular weight is 788 g/mol. The van der Waals surface area contributed by atoms with Crippen molar-refractivity contribution in [2.24, 2.45) is 5.16 Å². The summed E-state index contributed by atoms with van der Waals surface area (Å²) in [5.41, 5.74) is 3.18. The van der Waals surface area contributed by atoms with Gasteiger partial charge in [0.05, 0.1) is 41.2 Å². The van der Waals surface area contributed by atoms with Gasteiger partial charge >= 0.3 is 5.97 Å². The molecule has 0 bridgehead atoms. The van der Waals surface area contributed by atoms with Gasteiger partial charge in [0.25, 0.3) is 11.8 Å². The fourth-order valence-electron chi connectivity index (χ4n) is 7.06. The molecule has 6 rings (SSSR count). The van der Waals surface area contributed by atoms with Crippen LogP contribution in [0.5, 0.6) is 11.5 Å². The number of carboxylic acids is 2. The number of aromatic hydroxyl groups is 2. The Morgan fingerprint density at radius 2 is 1.91 bits per heavy atom. The lowest BCUT2D eigenvalue weighted by Crippen LogP contribution is -2.72. The number of anilines is 1. The SMILES string of the molecule is CCn1cc(C[N+]2(CC3=C(C(=O)[O-])N4C(=O)[C@@H](NC(=O)/C(=N\OC(C)(C)C(=O)O)c5csc(N)n5)[C@H]4S[C@H]3C)CCCC2)c(=O)c2c(F)c(O)c(O)cc21. The number of thioether (sulfide) groups is 1. The van der Waals surface area contributed by atoms with Gasteiger partial charge in [-0.1, -0.05) is 5.16 Å². The standard InChI is InChI=1S/C34H38FN7O10S2/c1-5-40-11-16(26(44)21-19(40)10-20(43)27(45)22(21)35)12-42(8-6-7-9-42)13-17-15(2)54-30-24(29(47)41(30)25(17)31(48)49)38-28(46)23(18-14-53-33(36)37-18)39-52-34(3,4)32(50)51/h10-11,14-15,24,30H,5-9,12-13H2,1-4H3,(H6-,36,37,38,39,43,44,45,46,48,49,50,51)/t15-,24+,30+/m0/s1. The van der Waals surface area contributed by atoms with E-state index in [9.17, 15) is 44.4 Å². The lowest BCUT2D eigenvalue weighted by atomic mass is 9.99. The summed E-state index contributed by atoms with van der Waals surface area (Å²) in [6, 6.07) is -0.0760. The minimum atomic E-state index is -1.82. The summed E-state index contributed by atoms with van der Waals surface area (Å²) < 4.78 is 17.1. The Morgan fingerprint density at radius 1 is 1.22 bits per heavy atom. The lowest BCUT2D eigenvalue weighted by Gasteiger charge is -2.53. The molecule has 2 fully saturated rings. The first kappa shape index (κ1) is 38.5. The highest BCUT2D eigenvalue weighted by Crippen LogP contribution is 2.45. The third-order valence-corrected chi connectivity index (χ3v) is 12.1. The number of carbonyl (C=O) groups is 4. The van der Waals surface area contributed by atoms with E-state index in [4.69, 9.17) is 10.6 Å². The quantitative estimate of drug-likeness (QED) is 0.0561. The van der Waals surface area contributed by atoms with Gasteiger partial charge in [0.2, 0.25) is 11.0 Å². The number of likely N-dealkylation sites (tertiary alicyclic amines) is 1. The van der Waals surface area contributed by atoms with E-state index in [-0.39, 0.29) is 50.6 Å². The van der Waals surface area contributed by atoms with Gasteiger partial charge in [0.15, 0.2) is 28.2 Å². The van der Waals surface area contributed by atoms with Crippen LogP contribution in [0.2, 0.25) is 0 Å². The third-order valence-electron chi connectivity index (χ3n) is 9.97. The molecule has 2 saturated heterocycles. The first-order valence-electron chi connectivity index (χ1n) is 17.0. The van der Waals surface area contributed by atoms with Crippen LogP contribution in [-0.2, 0) is 37.1 Å². The van der Waals surface area contributed by atoms with Crippen LogP contribution in [0.4, 0.5) is 9.52 Å².